The van der Waals surface area contributed by atoms with Gasteiger partial charge in [-0.2, -0.15) is 0 Å². The molecule has 0 saturated carbocycles. The molecule has 0 spiro atoms. The highest BCUT2D eigenvalue weighted by molar-refractivity contribution is 7.98. The van der Waals surface area contributed by atoms with Crippen LogP contribution in [-0.4, -0.2) is 42.7 Å². The number of likely N-dealkylation sites (tertiary alicyclic amines) is 1. The molecule has 1 saturated heterocycles. The molecule has 1 aliphatic rings. The molecule has 2 rings (SSSR count). The normalized spacial score (nSPS) is 19.6. The summed E-state index contributed by atoms with van der Waals surface area (Å²) in [5.74, 6) is 0.0434. The number of nitrogens with zero attached hydrogens (tertiary/aromatic N) is 1. The number of nitrogens with two attached hydrogens (primary N) is 1. The number of para-hydroxylation sites is 1. The largest absolute Gasteiger partial charge is 0.329 e. The maximum atomic E-state index is 12.1. The van der Waals surface area contributed by atoms with Crippen LogP contribution in [0.5, 0.6) is 0 Å². The first-order valence-electron chi connectivity index (χ1n) is 6.61. The van der Waals surface area contributed by atoms with Crippen LogP contribution in [0.2, 0.25) is 0 Å². The molecule has 4 nitrogen and oxygen atoms in total. The van der Waals surface area contributed by atoms with Gasteiger partial charge < -0.3 is 11.1 Å². The summed E-state index contributed by atoms with van der Waals surface area (Å²) in [4.78, 5) is 15.4. The van der Waals surface area contributed by atoms with Crippen LogP contribution < -0.4 is 11.1 Å². The predicted molar refractivity (Wildman–Crippen MR) is 80.5 cm³/mol. The lowest BCUT2D eigenvalue weighted by molar-refractivity contribution is -0.117. The van der Waals surface area contributed by atoms with Crippen LogP contribution >= 0.6 is 11.8 Å². The summed E-state index contributed by atoms with van der Waals surface area (Å²) >= 11 is 1.64. The highest BCUT2D eigenvalue weighted by Crippen LogP contribution is 2.24. The van der Waals surface area contributed by atoms with Gasteiger partial charge in [0.15, 0.2) is 0 Å². The number of amides is 1. The first-order valence-corrected chi connectivity index (χ1v) is 7.84. The van der Waals surface area contributed by atoms with Gasteiger partial charge in [0.25, 0.3) is 0 Å². The molecule has 1 aromatic rings. The minimum Gasteiger partial charge on any atom is -0.329 e. The van der Waals surface area contributed by atoms with E-state index in [2.05, 4.69) is 10.2 Å². The Morgan fingerprint density at radius 1 is 1.53 bits per heavy atom. The molecule has 0 bridgehead atoms. The molecule has 3 N–H and O–H groups in total. The number of anilines is 1. The van der Waals surface area contributed by atoms with E-state index in [1.807, 2.05) is 30.5 Å². The van der Waals surface area contributed by atoms with Crippen LogP contribution in [0.1, 0.15) is 12.8 Å². The minimum atomic E-state index is 0.0434. The smallest absolute Gasteiger partial charge is 0.238 e. The zero-order valence-electron chi connectivity index (χ0n) is 11.3. The molecule has 0 aliphatic carbocycles. The number of nitrogens with one attached hydrogen (secondary N) is 1. The Balaban J connectivity index is 1.94. The summed E-state index contributed by atoms with van der Waals surface area (Å²) in [5, 5.41) is 2.99. The lowest BCUT2D eigenvalue weighted by Gasteiger charge is -2.22. The van der Waals surface area contributed by atoms with Gasteiger partial charge in [0, 0.05) is 17.5 Å². The molecule has 1 unspecified atom stereocenters. The summed E-state index contributed by atoms with van der Waals surface area (Å²) in [6, 6.07) is 8.23. The summed E-state index contributed by atoms with van der Waals surface area (Å²) in [5.41, 5.74) is 6.61. The Morgan fingerprint density at radius 2 is 2.32 bits per heavy atom. The quantitative estimate of drug-likeness (QED) is 0.807. The second-order valence-corrected chi connectivity index (χ2v) is 5.60. The van der Waals surface area contributed by atoms with E-state index >= 15 is 0 Å². The van der Waals surface area contributed by atoms with Crippen LogP contribution in [0, 0.1) is 0 Å². The van der Waals surface area contributed by atoms with E-state index in [9.17, 15) is 4.79 Å². The van der Waals surface area contributed by atoms with Gasteiger partial charge in [0.2, 0.25) is 5.91 Å². The number of benzene rings is 1. The van der Waals surface area contributed by atoms with Crippen molar-refractivity contribution in [3.8, 4) is 0 Å². The van der Waals surface area contributed by atoms with Crippen LogP contribution in [0.25, 0.3) is 0 Å². The SMILES string of the molecule is CSc1ccccc1NC(=O)CN1CCCC1CN. The fraction of sp³-hybridized carbons (Fsp3) is 0.500. The van der Waals surface area contributed by atoms with E-state index in [0.717, 1.165) is 30.0 Å². The number of carbonyl (C=O) groups is 1. The Bertz CT molecular complexity index is 438. The third-order valence-electron chi connectivity index (χ3n) is 3.50. The second kappa shape index (κ2) is 6.93. The maximum Gasteiger partial charge on any atom is 0.238 e. The lowest BCUT2D eigenvalue weighted by Crippen LogP contribution is -2.40. The van der Waals surface area contributed by atoms with Crippen molar-refractivity contribution in [2.24, 2.45) is 5.73 Å². The molecule has 104 valence electrons. The third-order valence-corrected chi connectivity index (χ3v) is 4.29. The average Bonchev–Trinajstić information content (AvgIpc) is 2.86. The molecule has 0 radical (unpaired) electrons. The first kappa shape index (κ1) is 14.4. The van der Waals surface area contributed by atoms with E-state index in [4.69, 9.17) is 5.73 Å². The highest BCUT2D eigenvalue weighted by Gasteiger charge is 2.24. The van der Waals surface area contributed by atoms with E-state index in [0.29, 0.717) is 19.1 Å². The number of thioether (sulfide) groups is 1. The van der Waals surface area contributed by atoms with Crippen molar-refractivity contribution >= 4 is 23.4 Å². The Labute approximate surface area is 118 Å². The van der Waals surface area contributed by atoms with Crippen LogP contribution in [0.4, 0.5) is 5.69 Å². The van der Waals surface area contributed by atoms with Crippen molar-refractivity contribution in [3.05, 3.63) is 24.3 Å². The topological polar surface area (TPSA) is 58.4 Å². The fourth-order valence-corrected chi connectivity index (χ4v) is 3.05. The van der Waals surface area contributed by atoms with Gasteiger partial charge in [0.1, 0.15) is 0 Å². The molecular weight excluding hydrogens is 258 g/mol. The van der Waals surface area contributed by atoms with Crippen LogP contribution in [0.15, 0.2) is 29.2 Å². The number of hydrogen-bond acceptors (Lipinski definition) is 4. The number of carbonyl (C=O) groups excluding carboxylic acids is 1. The molecule has 1 fully saturated rings. The predicted octanol–water partition coefficient (Wildman–Crippen LogP) is 1.77. The molecule has 0 aromatic heterocycles. The number of hydrogen-bond donors (Lipinski definition) is 2. The summed E-state index contributed by atoms with van der Waals surface area (Å²) < 4.78 is 0. The number of rotatable bonds is 5. The Kier molecular flexibility index (Phi) is 5.24. The van der Waals surface area contributed by atoms with Crippen LogP contribution in [0.3, 0.4) is 0 Å². The Morgan fingerprint density at radius 3 is 3.05 bits per heavy atom. The standard InChI is InChI=1S/C14H21N3OS/c1-19-13-7-3-2-6-12(13)16-14(18)10-17-8-4-5-11(17)9-15/h2-3,6-7,11H,4-5,8-10,15H2,1H3,(H,16,18). The van der Waals surface area contributed by atoms with Crippen LogP contribution in [-0.2, 0) is 4.79 Å². The van der Waals surface area contributed by atoms with Crippen molar-refractivity contribution in [2.75, 3.05) is 31.2 Å². The highest BCUT2D eigenvalue weighted by atomic mass is 32.2. The Hall–Kier alpha value is -1.04. The van der Waals surface area contributed by atoms with Crippen molar-refractivity contribution in [3.63, 3.8) is 0 Å². The van der Waals surface area contributed by atoms with Gasteiger partial charge in [-0.05, 0) is 37.8 Å². The molecule has 1 aliphatic heterocycles. The first-order chi connectivity index (χ1) is 9.24. The van der Waals surface area contributed by atoms with Crippen molar-refractivity contribution in [1.82, 2.24) is 4.90 Å². The van der Waals surface area contributed by atoms with Gasteiger partial charge in [-0.1, -0.05) is 12.1 Å². The zero-order valence-corrected chi connectivity index (χ0v) is 12.1. The van der Waals surface area contributed by atoms with E-state index in [1.165, 1.54) is 0 Å². The van der Waals surface area contributed by atoms with Gasteiger partial charge in [-0.15, -0.1) is 11.8 Å². The average molecular weight is 279 g/mol. The zero-order chi connectivity index (χ0) is 13.7. The van der Waals surface area contributed by atoms with Gasteiger partial charge in [-0.25, -0.2) is 0 Å². The summed E-state index contributed by atoms with van der Waals surface area (Å²) in [7, 11) is 0. The van der Waals surface area contributed by atoms with Crippen molar-refractivity contribution in [2.45, 2.75) is 23.8 Å². The third kappa shape index (κ3) is 3.72. The molecule has 1 aromatic carbocycles. The molecule has 1 atom stereocenters. The van der Waals surface area contributed by atoms with Gasteiger partial charge in [-0.3, -0.25) is 9.69 Å². The summed E-state index contributed by atoms with van der Waals surface area (Å²) in [6.45, 7) is 2.04. The molecule has 5 heteroatoms. The fourth-order valence-electron chi connectivity index (χ4n) is 2.49. The van der Waals surface area contributed by atoms with Gasteiger partial charge >= 0.3 is 0 Å². The van der Waals surface area contributed by atoms with E-state index < -0.39 is 0 Å². The lowest BCUT2D eigenvalue weighted by atomic mass is 10.2. The maximum absolute atomic E-state index is 12.1. The van der Waals surface area contributed by atoms with Crippen molar-refractivity contribution in [1.29, 1.82) is 0 Å². The molecule has 19 heavy (non-hydrogen) atoms. The van der Waals surface area contributed by atoms with Gasteiger partial charge in [0.05, 0.1) is 12.2 Å². The van der Waals surface area contributed by atoms with E-state index in [1.54, 1.807) is 11.8 Å². The second-order valence-electron chi connectivity index (χ2n) is 4.75. The summed E-state index contributed by atoms with van der Waals surface area (Å²) in [6.07, 6.45) is 4.25. The van der Waals surface area contributed by atoms with E-state index in [-0.39, 0.29) is 5.91 Å². The monoisotopic (exact) mass is 279 g/mol. The molecule has 1 heterocycles. The minimum absolute atomic E-state index is 0.0434. The molecule has 1 amide bonds. The van der Waals surface area contributed by atoms with Crippen molar-refractivity contribution < 1.29 is 4.79 Å². The molecular formula is C14H21N3OS.